The van der Waals surface area contributed by atoms with Crippen LogP contribution >= 0.6 is 0 Å². The molecule has 0 saturated heterocycles. The molecule has 242 valence electrons. The van der Waals surface area contributed by atoms with E-state index in [-0.39, 0.29) is 5.91 Å². The third-order valence-corrected chi connectivity index (χ3v) is 7.50. The highest BCUT2D eigenvalue weighted by Gasteiger charge is 2.28. The van der Waals surface area contributed by atoms with Crippen LogP contribution in [-0.4, -0.2) is 42.8 Å². The molecule has 0 bridgehead atoms. The van der Waals surface area contributed by atoms with E-state index in [4.69, 9.17) is 9.47 Å². The molecular formula is C34H66N2O5. The molecule has 7 nitrogen and oxygen atoms in total. The summed E-state index contributed by atoms with van der Waals surface area (Å²) in [6.45, 7) is 9.86. The Morgan fingerprint density at radius 2 is 0.927 bits per heavy atom. The number of rotatable bonds is 26. The average molecular weight is 583 g/mol. The van der Waals surface area contributed by atoms with E-state index in [0.717, 1.165) is 38.5 Å². The number of hydrogen-bond acceptors (Lipinski definition) is 5. The van der Waals surface area contributed by atoms with Crippen molar-refractivity contribution < 1.29 is 23.9 Å². The minimum absolute atomic E-state index is 0.353. The number of nitrogens with one attached hydrogen (secondary N) is 2. The summed E-state index contributed by atoms with van der Waals surface area (Å²) in [5, 5.41) is 5.62. The molecule has 7 heteroatoms. The first-order chi connectivity index (χ1) is 19.6. The van der Waals surface area contributed by atoms with Crippen LogP contribution in [0, 0.1) is 0 Å². The van der Waals surface area contributed by atoms with Crippen LogP contribution in [0.5, 0.6) is 0 Å². The lowest BCUT2D eigenvalue weighted by Gasteiger charge is -2.25. The van der Waals surface area contributed by atoms with Crippen LogP contribution in [0.3, 0.4) is 0 Å². The molecular weight excluding hydrogens is 516 g/mol. The number of carbonyl (C=O) groups is 3. The van der Waals surface area contributed by atoms with Crippen LogP contribution < -0.4 is 10.6 Å². The van der Waals surface area contributed by atoms with Crippen molar-refractivity contribution in [3.63, 3.8) is 0 Å². The summed E-state index contributed by atoms with van der Waals surface area (Å²) in [5.74, 6) is -0.793. The molecule has 0 aromatic carbocycles. The summed E-state index contributed by atoms with van der Waals surface area (Å²) < 4.78 is 10.4. The topological polar surface area (TPSA) is 93.7 Å². The zero-order valence-corrected chi connectivity index (χ0v) is 27.8. The third-order valence-electron chi connectivity index (χ3n) is 7.50. The first-order valence-electron chi connectivity index (χ1n) is 17.0. The number of amides is 2. The van der Waals surface area contributed by atoms with Gasteiger partial charge in [-0.05, 0) is 33.6 Å². The monoisotopic (exact) mass is 582 g/mol. The van der Waals surface area contributed by atoms with E-state index in [2.05, 4.69) is 24.5 Å². The van der Waals surface area contributed by atoms with Gasteiger partial charge in [0, 0.05) is 0 Å². The fraction of sp³-hybridized carbons (Fsp3) is 0.912. The predicted molar refractivity (Wildman–Crippen MR) is 170 cm³/mol. The van der Waals surface area contributed by atoms with E-state index >= 15 is 0 Å². The quantitative estimate of drug-likeness (QED) is 0.0783. The number of unbranched alkanes of at least 4 members (excludes halogenated alkanes) is 18. The number of ether oxygens (including phenoxy) is 2. The van der Waals surface area contributed by atoms with Gasteiger partial charge in [-0.2, -0.15) is 0 Å². The van der Waals surface area contributed by atoms with E-state index in [9.17, 15) is 14.4 Å². The van der Waals surface area contributed by atoms with Crippen molar-refractivity contribution in [2.75, 3.05) is 7.11 Å². The smallest absolute Gasteiger partial charge is 0.408 e. The molecule has 41 heavy (non-hydrogen) atoms. The molecule has 0 rings (SSSR count). The van der Waals surface area contributed by atoms with E-state index < -0.39 is 29.7 Å². The Hall–Kier alpha value is -1.79. The number of carbonyl (C=O) groups excluding carboxylic acids is 3. The second-order valence-electron chi connectivity index (χ2n) is 12.7. The SMILES string of the molecule is CCCCCCCCCCCCC(NC(=O)OC(C)(C)C)C(=O)NC(CCCCCCCCCCCC)C(=O)OC. The highest BCUT2D eigenvalue weighted by atomic mass is 16.6. The molecule has 0 radical (unpaired) electrons. The van der Waals surface area contributed by atoms with Gasteiger partial charge in [0.2, 0.25) is 5.91 Å². The van der Waals surface area contributed by atoms with Crippen molar-refractivity contribution in [3.8, 4) is 0 Å². The normalized spacial score (nSPS) is 12.9. The Morgan fingerprint density at radius 1 is 0.561 bits per heavy atom. The second-order valence-corrected chi connectivity index (χ2v) is 12.7. The van der Waals surface area contributed by atoms with Gasteiger partial charge in [0.25, 0.3) is 0 Å². The van der Waals surface area contributed by atoms with E-state index in [0.29, 0.717) is 12.8 Å². The lowest BCUT2D eigenvalue weighted by molar-refractivity contribution is -0.145. The number of alkyl carbamates (subject to hydrolysis) is 1. The summed E-state index contributed by atoms with van der Waals surface area (Å²) in [6.07, 6.45) is 24.4. The van der Waals surface area contributed by atoms with Crippen molar-refractivity contribution in [2.24, 2.45) is 0 Å². The van der Waals surface area contributed by atoms with Gasteiger partial charge >= 0.3 is 12.1 Å². The number of methoxy groups -OCH3 is 1. The number of esters is 1. The van der Waals surface area contributed by atoms with Gasteiger partial charge in [0.1, 0.15) is 17.7 Å². The average Bonchev–Trinajstić information content (AvgIpc) is 2.92. The maximum atomic E-state index is 13.3. The largest absolute Gasteiger partial charge is 0.467 e. The Kier molecular flexibility index (Phi) is 24.8. The third kappa shape index (κ3) is 24.5. The Labute approximate surface area is 253 Å². The minimum Gasteiger partial charge on any atom is -0.467 e. The minimum atomic E-state index is -0.751. The molecule has 2 atom stereocenters. The van der Waals surface area contributed by atoms with Crippen molar-refractivity contribution in [1.82, 2.24) is 10.6 Å². The summed E-state index contributed by atoms with van der Waals surface area (Å²) in [4.78, 5) is 38.2. The molecule has 0 aliphatic rings. The van der Waals surface area contributed by atoms with Gasteiger partial charge in [0.05, 0.1) is 7.11 Å². The van der Waals surface area contributed by atoms with Crippen LogP contribution in [0.25, 0.3) is 0 Å². The van der Waals surface area contributed by atoms with Crippen LogP contribution in [-0.2, 0) is 19.1 Å². The Bertz CT molecular complexity index is 662. The van der Waals surface area contributed by atoms with Gasteiger partial charge in [-0.1, -0.05) is 142 Å². The maximum absolute atomic E-state index is 13.3. The molecule has 2 unspecified atom stereocenters. The molecule has 0 fully saturated rings. The van der Waals surface area contributed by atoms with Crippen molar-refractivity contribution >= 4 is 18.0 Å². The van der Waals surface area contributed by atoms with Gasteiger partial charge in [-0.15, -0.1) is 0 Å². The Morgan fingerprint density at radius 3 is 1.29 bits per heavy atom. The summed E-state index contributed by atoms with van der Waals surface area (Å²) in [6, 6.07) is -1.46. The molecule has 0 aliphatic heterocycles. The molecule has 0 heterocycles. The van der Waals surface area contributed by atoms with E-state index in [1.807, 2.05) is 0 Å². The van der Waals surface area contributed by atoms with Crippen LogP contribution in [0.1, 0.15) is 176 Å². The Balaban J connectivity index is 4.71. The van der Waals surface area contributed by atoms with E-state index in [1.54, 1.807) is 20.8 Å². The maximum Gasteiger partial charge on any atom is 0.408 e. The van der Waals surface area contributed by atoms with Crippen LogP contribution in [0.2, 0.25) is 0 Å². The van der Waals surface area contributed by atoms with Crippen molar-refractivity contribution in [2.45, 2.75) is 194 Å². The molecule has 2 amide bonds. The zero-order valence-electron chi connectivity index (χ0n) is 27.8. The summed E-state index contributed by atoms with van der Waals surface area (Å²) >= 11 is 0. The first kappa shape index (κ1) is 39.2. The molecule has 0 aromatic heterocycles. The van der Waals surface area contributed by atoms with Gasteiger partial charge < -0.3 is 20.1 Å². The molecule has 0 aliphatic carbocycles. The van der Waals surface area contributed by atoms with Gasteiger partial charge in [0.15, 0.2) is 0 Å². The fourth-order valence-electron chi connectivity index (χ4n) is 5.05. The molecule has 0 spiro atoms. The van der Waals surface area contributed by atoms with Crippen molar-refractivity contribution in [1.29, 1.82) is 0 Å². The van der Waals surface area contributed by atoms with Gasteiger partial charge in [-0.25, -0.2) is 9.59 Å². The standard InChI is InChI=1S/C34H66N2O5/c1-7-9-11-13-15-17-19-21-23-25-27-29(36-33(39)41-34(3,4)5)31(37)35-30(32(38)40-6)28-26-24-22-20-18-16-14-12-10-8-2/h29-30H,7-28H2,1-6H3,(H,35,37)(H,36,39). The van der Waals surface area contributed by atoms with E-state index in [1.165, 1.54) is 97.0 Å². The summed E-state index contributed by atoms with van der Waals surface area (Å²) in [5.41, 5.74) is -0.660. The van der Waals surface area contributed by atoms with Crippen LogP contribution in [0.15, 0.2) is 0 Å². The molecule has 0 saturated carbocycles. The van der Waals surface area contributed by atoms with Crippen molar-refractivity contribution in [3.05, 3.63) is 0 Å². The zero-order chi connectivity index (χ0) is 30.8. The highest BCUT2D eigenvalue weighted by molar-refractivity contribution is 5.89. The lowest BCUT2D eigenvalue weighted by atomic mass is 10.0. The molecule has 2 N–H and O–H groups in total. The lowest BCUT2D eigenvalue weighted by Crippen LogP contribution is -2.52. The summed E-state index contributed by atoms with van der Waals surface area (Å²) in [7, 11) is 1.35. The first-order valence-corrected chi connectivity index (χ1v) is 17.0. The fourth-order valence-corrected chi connectivity index (χ4v) is 5.05. The second kappa shape index (κ2) is 25.9. The highest BCUT2D eigenvalue weighted by Crippen LogP contribution is 2.15. The predicted octanol–water partition coefficient (Wildman–Crippen LogP) is 9.16. The number of hydrogen-bond donors (Lipinski definition) is 2. The molecule has 0 aromatic rings. The van der Waals surface area contributed by atoms with Crippen LogP contribution in [0.4, 0.5) is 4.79 Å². The van der Waals surface area contributed by atoms with Gasteiger partial charge in [-0.3, -0.25) is 4.79 Å².